The molecule has 4 rings (SSSR count). The number of aromatic nitrogens is 1. The van der Waals surface area contributed by atoms with Gasteiger partial charge in [0, 0.05) is 44.0 Å². The Morgan fingerprint density at radius 2 is 1.51 bits per heavy atom. The lowest BCUT2D eigenvalue weighted by Crippen LogP contribution is -2.27. The molecular formula is C38H49N3O4. The van der Waals surface area contributed by atoms with Crippen LogP contribution >= 0.6 is 0 Å². The maximum atomic E-state index is 13.4. The zero-order valence-electron chi connectivity index (χ0n) is 27.4. The fourth-order valence-electron chi connectivity index (χ4n) is 5.81. The molecule has 1 aromatic heterocycles. The van der Waals surface area contributed by atoms with Crippen molar-refractivity contribution < 1.29 is 19.1 Å². The van der Waals surface area contributed by atoms with E-state index in [1.54, 1.807) is 14.2 Å². The number of hydrogen-bond donors (Lipinski definition) is 1. The van der Waals surface area contributed by atoms with Gasteiger partial charge in [0.1, 0.15) is 11.5 Å². The molecular weight excluding hydrogens is 562 g/mol. The number of ether oxygens (including phenoxy) is 2. The number of carbonyl (C=O) groups is 2. The van der Waals surface area contributed by atoms with Gasteiger partial charge in [0.05, 0.1) is 26.3 Å². The summed E-state index contributed by atoms with van der Waals surface area (Å²) in [6, 6.07) is 24.5. The van der Waals surface area contributed by atoms with Gasteiger partial charge in [-0.3, -0.25) is 9.59 Å². The van der Waals surface area contributed by atoms with E-state index in [2.05, 4.69) is 59.3 Å². The first kappa shape index (κ1) is 33.6. The Morgan fingerprint density at radius 1 is 0.822 bits per heavy atom. The van der Waals surface area contributed by atoms with E-state index < -0.39 is 0 Å². The van der Waals surface area contributed by atoms with Gasteiger partial charge in [-0.25, -0.2) is 0 Å². The van der Waals surface area contributed by atoms with Crippen molar-refractivity contribution >= 4 is 22.7 Å². The smallest absolute Gasteiger partial charge is 0.224 e. The fraction of sp³-hybridized carbons (Fsp3) is 0.421. The van der Waals surface area contributed by atoms with E-state index in [0.717, 1.165) is 90.7 Å². The Labute approximate surface area is 268 Å². The highest BCUT2D eigenvalue weighted by Gasteiger charge is 2.22. The maximum absolute atomic E-state index is 13.4. The Bertz CT molecular complexity index is 1510. The summed E-state index contributed by atoms with van der Waals surface area (Å²) >= 11 is 0. The molecule has 0 saturated carbocycles. The van der Waals surface area contributed by atoms with Crippen molar-refractivity contribution in [2.75, 3.05) is 34.4 Å². The van der Waals surface area contributed by atoms with Crippen LogP contribution in [0.1, 0.15) is 69.4 Å². The van der Waals surface area contributed by atoms with Gasteiger partial charge in [-0.2, -0.15) is 0 Å². The molecule has 0 bridgehead atoms. The minimum Gasteiger partial charge on any atom is -0.497 e. The van der Waals surface area contributed by atoms with Gasteiger partial charge in [-0.15, -0.1) is 0 Å². The second-order valence-electron chi connectivity index (χ2n) is 11.7. The molecule has 1 heterocycles. The van der Waals surface area contributed by atoms with Gasteiger partial charge in [0.15, 0.2) is 0 Å². The number of carbonyl (C=O) groups excluding carboxylic acids is 2. The van der Waals surface area contributed by atoms with E-state index in [4.69, 9.17) is 9.47 Å². The highest BCUT2D eigenvalue weighted by Crippen LogP contribution is 2.37. The van der Waals surface area contributed by atoms with E-state index >= 15 is 0 Å². The molecule has 45 heavy (non-hydrogen) atoms. The number of benzene rings is 3. The predicted molar refractivity (Wildman–Crippen MR) is 183 cm³/mol. The number of fused-ring (bicyclic) bond motifs is 1. The van der Waals surface area contributed by atoms with Crippen molar-refractivity contribution in [2.24, 2.45) is 0 Å². The molecule has 0 spiro atoms. The summed E-state index contributed by atoms with van der Waals surface area (Å²) in [5.41, 5.74) is 5.28. The third kappa shape index (κ3) is 9.37. The standard InChI is InChI=1S/C38H49N3O4/c1-5-6-25-40(2)37(43)17-13-8-7-9-14-24-39-36(42)27-34-33-26-32(45-4)22-23-35(33)41(28-29-15-11-10-12-16-29)38(34)30-18-20-31(44-3)21-19-30/h10-12,15-16,18-23,26H,5-9,13-14,17,24-25,27-28H2,1-4H3,(H,39,42). The molecule has 0 aliphatic rings. The third-order valence-electron chi connectivity index (χ3n) is 8.42. The minimum absolute atomic E-state index is 0.00653. The van der Waals surface area contributed by atoms with Gasteiger partial charge in [-0.1, -0.05) is 62.9 Å². The Morgan fingerprint density at radius 3 is 2.22 bits per heavy atom. The summed E-state index contributed by atoms with van der Waals surface area (Å²) < 4.78 is 13.3. The molecule has 4 aromatic rings. The fourth-order valence-corrected chi connectivity index (χ4v) is 5.81. The molecule has 0 saturated heterocycles. The second kappa shape index (κ2) is 17.3. The van der Waals surface area contributed by atoms with E-state index in [9.17, 15) is 9.59 Å². The topological polar surface area (TPSA) is 72.8 Å². The van der Waals surface area contributed by atoms with E-state index in [1.807, 2.05) is 42.3 Å². The Balaban J connectivity index is 1.44. The normalized spacial score (nSPS) is 11.0. The van der Waals surface area contributed by atoms with Crippen LogP contribution < -0.4 is 14.8 Å². The van der Waals surface area contributed by atoms with Crippen LogP contribution in [-0.2, 0) is 22.6 Å². The molecule has 2 amide bonds. The summed E-state index contributed by atoms with van der Waals surface area (Å²) in [4.78, 5) is 27.5. The molecule has 3 aromatic carbocycles. The molecule has 0 aliphatic heterocycles. The van der Waals surface area contributed by atoms with Gasteiger partial charge in [-0.05, 0) is 78.4 Å². The number of hydrogen-bond acceptors (Lipinski definition) is 4. The molecule has 0 atom stereocenters. The first-order chi connectivity index (χ1) is 21.9. The van der Waals surface area contributed by atoms with Gasteiger partial charge in [0.25, 0.3) is 0 Å². The number of nitrogens with one attached hydrogen (secondary N) is 1. The van der Waals surface area contributed by atoms with E-state index in [1.165, 1.54) is 5.56 Å². The van der Waals surface area contributed by atoms with Gasteiger partial charge < -0.3 is 24.3 Å². The summed E-state index contributed by atoms with van der Waals surface area (Å²) in [6.45, 7) is 4.30. The highest BCUT2D eigenvalue weighted by molar-refractivity contribution is 5.96. The number of rotatable bonds is 18. The van der Waals surface area contributed by atoms with Crippen LogP contribution in [0.5, 0.6) is 11.5 Å². The molecule has 240 valence electrons. The lowest BCUT2D eigenvalue weighted by Gasteiger charge is -2.16. The zero-order chi connectivity index (χ0) is 32.0. The lowest BCUT2D eigenvalue weighted by molar-refractivity contribution is -0.130. The largest absolute Gasteiger partial charge is 0.497 e. The summed E-state index contributed by atoms with van der Waals surface area (Å²) in [6.07, 6.45) is 8.02. The van der Waals surface area contributed by atoms with E-state index in [0.29, 0.717) is 19.5 Å². The van der Waals surface area contributed by atoms with Crippen LogP contribution in [0.3, 0.4) is 0 Å². The van der Waals surface area contributed by atoms with Crippen molar-refractivity contribution in [1.82, 2.24) is 14.8 Å². The lowest BCUT2D eigenvalue weighted by atomic mass is 10.0. The van der Waals surface area contributed by atoms with Crippen LogP contribution in [0.2, 0.25) is 0 Å². The maximum Gasteiger partial charge on any atom is 0.224 e. The summed E-state index contributed by atoms with van der Waals surface area (Å²) in [5.74, 6) is 1.80. The van der Waals surface area contributed by atoms with Crippen molar-refractivity contribution in [2.45, 2.75) is 71.3 Å². The van der Waals surface area contributed by atoms with Gasteiger partial charge >= 0.3 is 0 Å². The highest BCUT2D eigenvalue weighted by atomic mass is 16.5. The van der Waals surface area contributed by atoms with Crippen LogP contribution in [0, 0.1) is 0 Å². The predicted octanol–water partition coefficient (Wildman–Crippen LogP) is 7.63. The average Bonchev–Trinajstić information content (AvgIpc) is 3.36. The van der Waals surface area contributed by atoms with Crippen molar-refractivity contribution in [1.29, 1.82) is 0 Å². The van der Waals surface area contributed by atoms with Crippen LogP contribution in [0.25, 0.3) is 22.2 Å². The molecule has 0 fully saturated rings. The van der Waals surface area contributed by atoms with Crippen molar-refractivity contribution in [3.05, 3.63) is 83.9 Å². The third-order valence-corrected chi connectivity index (χ3v) is 8.42. The molecule has 0 radical (unpaired) electrons. The average molecular weight is 612 g/mol. The van der Waals surface area contributed by atoms with Gasteiger partial charge in [0.2, 0.25) is 11.8 Å². The Hall–Kier alpha value is -4.26. The van der Waals surface area contributed by atoms with Crippen LogP contribution in [-0.4, -0.2) is 55.6 Å². The summed E-state index contributed by atoms with van der Waals surface area (Å²) in [5, 5.41) is 4.18. The van der Waals surface area contributed by atoms with Crippen molar-refractivity contribution in [3.63, 3.8) is 0 Å². The summed E-state index contributed by atoms with van der Waals surface area (Å²) in [7, 11) is 5.24. The van der Waals surface area contributed by atoms with E-state index in [-0.39, 0.29) is 18.2 Å². The molecule has 0 unspecified atom stereocenters. The zero-order valence-corrected chi connectivity index (χ0v) is 27.4. The van der Waals surface area contributed by atoms with Crippen molar-refractivity contribution in [3.8, 4) is 22.8 Å². The Kier molecular flexibility index (Phi) is 12.9. The SMILES string of the molecule is CCCCN(C)C(=O)CCCCCCCNC(=O)Cc1c(-c2ccc(OC)cc2)n(Cc2ccccc2)c2ccc(OC)cc12. The second-order valence-corrected chi connectivity index (χ2v) is 11.7. The first-order valence-electron chi connectivity index (χ1n) is 16.3. The number of unbranched alkanes of at least 4 members (excludes halogenated alkanes) is 5. The molecule has 7 heteroatoms. The minimum atomic E-state index is 0.00653. The first-order valence-corrected chi connectivity index (χ1v) is 16.3. The number of methoxy groups -OCH3 is 2. The number of nitrogens with zero attached hydrogens (tertiary/aromatic N) is 2. The van der Waals surface area contributed by atoms with Crippen LogP contribution in [0.15, 0.2) is 72.8 Å². The number of amides is 2. The monoisotopic (exact) mass is 611 g/mol. The molecule has 7 nitrogen and oxygen atoms in total. The van der Waals surface area contributed by atoms with Crippen LogP contribution in [0.4, 0.5) is 0 Å². The molecule has 1 N–H and O–H groups in total. The molecule has 0 aliphatic carbocycles. The quantitative estimate of drug-likeness (QED) is 0.117.